The average Bonchev–Trinajstić information content (AvgIpc) is 3.50. The number of aromatic nitrogens is 3. The van der Waals surface area contributed by atoms with Gasteiger partial charge in [-0.25, -0.2) is 0 Å². The van der Waals surface area contributed by atoms with E-state index in [1.165, 1.54) is 24.6 Å². The number of nitriles is 1. The van der Waals surface area contributed by atoms with Gasteiger partial charge in [-0.1, -0.05) is 11.8 Å². The molecule has 0 aliphatic carbocycles. The van der Waals surface area contributed by atoms with E-state index in [1.54, 1.807) is 24.3 Å². The maximum Gasteiger partial charge on any atom is 0.234 e. The Morgan fingerprint density at radius 2 is 2.03 bits per heavy atom. The summed E-state index contributed by atoms with van der Waals surface area (Å²) >= 11 is 1.39. The summed E-state index contributed by atoms with van der Waals surface area (Å²) in [5, 5.41) is 21.3. The van der Waals surface area contributed by atoms with Crippen LogP contribution >= 0.6 is 11.8 Å². The van der Waals surface area contributed by atoms with Gasteiger partial charge in [-0.05, 0) is 49.9 Å². The van der Waals surface area contributed by atoms with Crippen LogP contribution in [0.15, 0.2) is 29.4 Å². The van der Waals surface area contributed by atoms with Crippen LogP contribution < -0.4 is 10.2 Å². The molecule has 1 aromatic heterocycles. The standard InChI is InChI=1S/C20H24N6O2S/c21-12-15-5-7-16(8-6-15)22-18(27)14-29-20-24-23-19(25-9-1-2-10-25)26(20)13-17-4-3-11-28-17/h5-8,17H,1-4,9-11,13-14H2,(H,22,27)/t17-/m1/s1. The highest BCUT2D eigenvalue weighted by molar-refractivity contribution is 7.99. The number of ether oxygens (including phenoxy) is 1. The van der Waals surface area contributed by atoms with Crippen LogP contribution in [0.4, 0.5) is 11.6 Å². The van der Waals surface area contributed by atoms with Gasteiger partial charge in [-0.2, -0.15) is 5.26 Å². The zero-order chi connectivity index (χ0) is 20.1. The molecule has 0 bridgehead atoms. The molecule has 1 N–H and O–H groups in total. The highest BCUT2D eigenvalue weighted by Gasteiger charge is 2.25. The highest BCUT2D eigenvalue weighted by atomic mass is 32.2. The lowest BCUT2D eigenvalue weighted by Crippen LogP contribution is -2.25. The predicted molar refractivity (Wildman–Crippen MR) is 111 cm³/mol. The van der Waals surface area contributed by atoms with Gasteiger partial charge in [-0.15, -0.1) is 10.2 Å². The number of carbonyl (C=O) groups is 1. The van der Waals surface area contributed by atoms with Crippen LogP contribution in [0, 0.1) is 11.3 Å². The van der Waals surface area contributed by atoms with E-state index in [-0.39, 0.29) is 17.8 Å². The summed E-state index contributed by atoms with van der Waals surface area (Å²) in [6.07, 6.45) is 4.64. The van der Waals surface area contributed by atoms with Gasteiger partial charge >= 0.3 is 0 Å². The minimum absolute atomic E-state index is 0.117. The lowest BCUT2D eigenvalue weighted by atomic mass is 10.2. The van der Waals surface area contributed by atoms with Crippen molar-refractivity contribution in [3.05, 3.63) is 29.8 Å². The molecular weight excluding hydrogens is 388 g/mol. The van der Waals surface area contributed by atoms with Gasteiger partial charge in [0.1, 0.15) is 0 Å². The second-order valence-corrected chi connectivity index (χ2v) is 8.19. The summed E-state index contributed by atoms with van der Waals surface area (Å²) < 4.78 is 7.93. The van der Waals surface area contributed by atoms with Crippen LogP contribution in [0.5, 0.6) is 0 Å². The number of rotatable bonds is 7. The molecule has 2 aliphatic heterocycles. The first-order chi connectivity index (χ1) is 14.2. The first kappa shape index (κ1) is 19.7. The van der Waals surface area contributed by atoms with Gasteiger partial charge in [0.2, 0.25) is 11.9 Å². The van der Waals surface area contributed by atoms with Crippen LogP contribution in [0.25, 0.3) is 0 Å². The number of nitrogens with zero attached hydrogens (tertiary/aromatic N) is 5. The summed E-state index contributed by atoms with van der Waals surface area (Å²) in [4.78, 5) is 14.6. The van der Waals surface area contributed by atoms with Crippen LogP contribution in [0.2, 0.25) is 0 Å². The van der Waals surface area contributed by atoms with Crippen LogP contribution in [0.3, 0.4) is 0 Å². The second kappa shape index (κ2) is 9.29. The number of benzene rings is 1. The maximum atomic E-state index is 12.4. The van der Waals surface area contributed by atoms with Gasteiger partial charge in [0.25, 0.3) is 0 Å². The molecule has 8 nitrogen and oxygen atoms in total. The number of hydrogen-bond donors (Lipinski definition) is 1. The summed E-state index contributed by atoms with van der Waals surface area (Å²) in [7, 11) is 0. The third kappa shape index (κ3) is 4.89. The van der Waals surface area contributed by atoms with E-state index in [2.05, 4.69) is 31.1 Å². The number of anilines is 2. The predicted octanol–water partition coefficient (Wildman–Crippen LogP) is 2.66. The number of thioether (sulfide) groups is 1. The molecule has 0 radical (unpaired) electrons. The lowest BCUT2D eigenvalue weighted by molar-refractivity contribution is -0.113. The van der Waals surface area contributed by atoms with Crippen LogP contribution in [-0.2, 0) is 16.1 Å². The van der Waals surface area contributed by atoms with Crippen molar-refractivity contribution in [1.29, 1.82) is 5.26 Å². The molecule has 1 amide bonds. The SMILES string of the molecule is N#Cc1ccc(NC(=O)CSc2nnc(N3CCCC3)n2C[C@H]2CCCO2)cc1. The maximum absolute atomic E-state index is 12.4. The van der Waals surface area contributed by atoms with E-state index >= 15 is 0 Å². The number of carbonyl (C=O) groups excluding carboxylic acids is 1. The molecule has 1 atom stereocenters. The first-order valence-corrected chi connectivity index (χ1v) is 10.9. The Morgan fingerprint density at radius 1 is 1.24 bits per heavy atom. The van der Waals surface area contributed by atoms with Crippen molar-refractivity contribution in [3.63, 3.8) is 0 Å². The van der Waals surface area contributed by atoms with Gasteiger partial charge in [0, 0.05) is 25.4 Å². The molecule has 4 rings (SSSR count). The largest absolute Gasteiger partial charge is 0.376 e. The Bertz CT molecular complexity index is 879. The van der Waals surface area contributed by atoms with E-state index in [0.717, 1.165) is 50.2 Å². The number of amides is 1. The molecule has 0 spiro atoms. The summed E-state index contributed by atoms with van der Waals surface area (Å²) in [6.45, 7) is 3.51. The Kier molecular flexibility index (Phi) is 6.32. The normalized spacial score (nSPS) is 18.7. The number of hydrogen-bond acceptors (Lipinski definition) is 7. The molecule has 9 heteroatoms. The Balaban J connectivity index is 1.41. The average molecular weight is 413 g/mol. The van der Waals surface area contributed by atoms with E-state index in [4.69, 9.17) is 10.00 Å². The van der Waals surface area contributed by atoms with Crippen LogP contribution in [-0.4, -0.2) is 52.2 Å². The van der Waals surface area contributed by atoms with Crippen molar-refractivity contribution >= 4 is 29.3 Å². The fourth-order valence-electron chi connectivity index (χ4n) is 3.65. The molecule has 3 heterocycles. The van der Waals surface area contributed by atoms with Crippen molar-refractivity contribution < 1.29 is 9.53 Å². The Hall–Kier alpha value is -2.57. The van der Waals surface area contributed by atoms with Crippen molar-refractivity contribution in [1.82, 2.24) is 14.8 Å². The zero-order valence-corrected chi connectivity index (χ0v) is 17.0. The fraction of sp³-hybridized carbons (Fsp3) is 0.500. The van der Waals surface area contributed by atoms with Gasteiger partial charge in [-0.3, -0.25) is 9.36 Å². The van der Waals surface area contributed by atoms with Gasteiger partial charge in [0.05, 0.1) is 30.0 Å². The van der Waals surface area contributed by atoms with Crippen molar-refractivity contribution in [3.8, 4) is 6.07 Å². The highest BCUT2D eigenvalue weighted by Crippen LogP contribution is 2.27. The quantitative estimate of drug-likeness (QED) is 0.699. The molecule has 0 unspecified atom stereocenters. The second-order valence-electron chi connectivity index (χ2n) is 7.25. The number of nitrogens with one attached hydrogen (secondary N) is 1. The topological polar surface area (TPSA) is 96.1 Å². The summed E-state index contributed by atoms with van der Waals surface area (Å²) in [5.74, 6) is 1.01. The van der Waals surface area contributed by atoms with Crippen molar-refractivity contribution in [2.45, 2.75) is 43.5 Å². The summed E-state index contributed by atoms with van der Waals surface area (Å²) in [6, 6.07) is 8.89. The van der Waals surface area contributed by atoms with E-state index in [0.29, 0.717) is 11.3 Å². The smallest absolute Gasteiger partial charge is 0.234 e. The van der Waals surface area contributed by atoms with E-state index in [1.807, 2.05) is 0 Å². The van der Waals surface area contributed by atoms with Gasteiger partial charge in [0.15, 0.2) is 5.16 Å². The Morgan fingerprint density at radius 3 is 2.72 bits per heavy atom. The molecule has 152 valence electrons. The third-order valence-electron chi connectivity index (χ3n) is 5.13. The molecule has 2 aromatic rings. The van der Waals surface area contributed by atoms with Crippen molar-refractivity contribution in [2.24, 2.45) is 0 Å². The molecule has 2 saturated heterocycles. The fourth-order valence-corrected chi connectivity index (χ4v) is 4.39. The molecular formula is C20H24N6O2S. The van der Waals surface area contributed by atoms with E-state index < -0.39 is 0 Å². The molecule has 2 aliphatic rings. The first-order valence-electron chi connectivity index (χ1n) is 9.95. The summed E-state index contributed by atoms with van der Waals surface area (Å²) in [5.41, 5.74) is 1.24. The lowest BCUT2D eigenvalue weighted by Gasteiger charge is -2.20. The zero-order valence-electron chi connectivity index (χ0n) is 16.2. The van der Waals surface area contributed by atoms with Crippen molar-refractivity contribution in [2.75, 3.05) is 35.7 Å². The van der Waals surface area contributed by atoms with E-state index in [9.17, 15) is 4.79 Å². The van der Waals surface area contributed by atoms with Gasteiger partial charge < -0.3 is 15.0 Å². The minimum Gasteiger partial charge on any atom is -0.376 e. The third-order valence-corrected chi connectivity index (χ3v) is 6.09. The van der Waals surface area contributed by atoms with Crippen LogP contribution in [0.1, 0.15) is 31.2 Å². The Labute approximate surface area is 174 Å². The molecule has 2 fully saturated rings. The molecule has 0 saturated carbocycles. The minimum atomic E-state index is -0.117. The monoisotopic (exact) mass is 412 g/mol. The molecule has 29 heavy (non-hydrogen) atoms. The molecule has 1 aromatic carbocycles.